The summed E-state index contributed by atoms with van der Waals surface area (Å²) in [6, 6.07) is 2.78. The van der Waals surface area contributed by atoms with Gasteiger partial charge >= 0.3 is 6.18 Å². The highest BCUT2D eigenvalue weighted by atomic mass is 19.4. The Morgan fingerprint density at radius 1 is 1.29 bits per heavy atom. The molecule has 17 heavy (non-hydrogen) atoms. The summed E-state index contributed by atoms with van der Waals surface area (Å²) in [6.07, 6.45) is -1.07. The molecule has 1 fully saturated rings. The SMILES string of the molecule is CC1CCN(c2ccnc(C(F)(F)F)c2)CC1. The maximum absolute atomic E-state index is 12.5. The molecule has 0 spiro atoms. The van der Waals surface area contributed by atoms with Gasteiger partial charge in [0, 0.05) is 25.0 Å². The van der Waals surface area contributed by atoms with E-state index in [9.17, 15) is 13.2 Å². The molecule has 1 aromatic heterocycles. The number of aromatic nitrogens is 1. The highest BCUT2D eigenvalue weighted by Crippen LogP contribution is 2.31. The van der Waals surface area contributed by atoms with Crippen molar-refractivity contribution in [2.45, 2.75) is 25.9 Å². The molecule has 2 rings (SSSR count). The van der Waals surface area contributed by atoms with E-state index in [1.807, 2.05) is 4.90 Å². The van der Waals surface area contributed by atoms with Gasteiger partial charge < -0.3 is 4.90 Å². The van der Waals surface area contributed by atoms with Gasteiger partial charge in [-0.15, -0.1) is 0 Å². The number of hydrogen-bond donors (Lipinski definition) is 0. The standard InChI is InChI=1S/C12H15F3N2/c1-9-3-6-17(7-4-9)10-2-5-16-11(8-10)12(13,14)15/h2,5,8-9H,3-4,6-7H2,1H3. The van der Waals surface area contributed by atoms with Crippen molar-refractivity contribution < 1.29 is 13.2 Å². The van der Waals surface area contributed by atoms with Crippen LogP contribution >= 0.6 is 0 Å². The summed E-state index contributed by atoms with van der Waals surface area (Å²) in [5, 5.41) is 0. The molecule has 1 aliphatic heterocycles. The van der Waals surface area contributed by atoms with Crippen molar-refractivity contribution >= 4 is 5.69 Å². The van der Waals surface area contributed by atoms with Crippen LogP contribution in [0.5, 0.6) is 0 Å². The normalized spacial score (nSPS) is 18.5. The third-order valence-corrected chi connectivity index (χ3v) is 3.18. The van der Waals surface area contributed by atoms with Crippen molar-refractivity contribution in [3.05, 3.63) is 24.0 Å². The Kier molecular flexibility index (Phi) is 3.26. The van der Waals surface area contributed by atoms with Crippen molar-refractivity contribution in [1.29, 1.82) is 0 Å². The van der Waals surface area contributed by atoms with Gasteiger partial charge in [0.15, 0.2) is 0 Å². The van der Waals surface area contributed by atoms with E-state index in [2.05, 4.69) is 11.9 Å². The molecule has 0 aromatic carbocycles. The van der Waals surface area contributed by atoms with Crippen LogP contribution in [0.1, 0.15) is 25.5 Å². The summed E-state index contributed by atoms with van der Waals surface area (Å²) >= 11 is 0. The molecule has 5 heteroatoms. The fraction of sp³-hybridized carbons (Fsp3) is 0.583. The van der Waals surface area contributed by atoms with Crippen LogP contribution in [0.25, 0.3) is 0 Å². The average Bonchev–Trinajstić information content (AvgIpc) is 2.29. The molecule has 1 aliphatic rings. The third-order valence-electron chi connectivity index (χ3n) is 3.18. The van der Waals surface area contributed by atoms with E-state index >= 15 is 0 Å². The number of alkyl halides is 3. The van der Waals surface area contributed by atoms with Gasteiger partial charge in [0.1, 0.15) is 5.69 Å². The molecule has 0 amide bonds. The van der Waals surface area contributed by atoms with Gasteiger partial charge in [0.25, 0.3) is 0 Å². The minimum Gasteiger partial charge on any atom is -0.371 e. The number of piperidine rings is 1. The zero-order chi connectivity index (χ0) is 12.5. The lowest BCUT2D eigenvalue weighted by Gasteiger charge is -2.32. The molecule has 1 aromatic rings. The Balaban J connectivity index is 2.16. The van der Waals surface area contributed by atoms with Gasteiger partial charge in [0.2, 0.25) is 0 Å². The van der Waals surface area contributed by atoms with Crippen LogP contribution in [0.2, 0.25) is 0 Å². The summed E-state index contributed by atoms with van der Waals surface area (Å²) in [6.45, 7) is 3.82. The topological polar surface area (TPSA) is 16.1 Å². The Hall–Kier alpha value is -1.26. The number of anilines is 1. The molecular weight excluding hydrogens is 229 g/mol. The summed E-state index contributed by atoms with van der Waals surface area (Å²) in [4.78, 5) is 5.37. The molecule has 0 aliphatic carbocycles. The number of nitrogens with zero attached hydrogens (tertiary/aromatic N) is 2. The zero-order valence-corrected chi connectivity index (χ0v) is 9.67. The second-order valence-corrected chi connectivity index (χ2v) is 4.57. The highest BCUT2D eigenvalue weighted by molar-refractivity contribution is 5.47. The van der Waals surface area contributed by atoms with Gasteiger partial charge in [-0.25, -0.2) is 0 Å². The number of hydrogen-bond acceptors (Lipinski definition) is 2. The molecule has 1 saturated heterocycles. The van der Waals surface area contributed by atoms with E-state index in [-0.39, 0.29) is 0 Å². The molecule has 2 heterocycles. The van der Waals surface area contributed by atoms with Crippen molar-refractivity contribution in [1.82, 2.24) is 4.98 Å². The Bertz CT molecular complexity index is 382. The molecule has 0 N–H and O–H groups in total. The fourth-order valence-corrected chi connectivity index (χ4v) is 2.04. The minimum absolute atomic E-state index is 0.624. The molecule has 0 unspecified atom stereocenters. The lowest BCUT2D eigenvalue weighted by Crippen LogP contribution is -2.32. The molecule has 2 nitrogen and oxygen atoms in total. The largest absolute Gasteiger partial charge is 0.433 e. The average molecular weight is 244 g/mol. The first-order valence-electron chi connectivity index (χ1n) is 5.75. The first-order chi connectivity index (χ1) is 7.97. The van der Waals surface area contributed by atoms with E-state index in [0.717, 1.165) is 32.0 Å². The summed E-state index contributed by atoms with van der Waals surface area (Å²) < 4.78 is 37.5. The van der Waals surface area contributed by atoms with Crippen LogP contribution in [-0.2, 0) is 6.18 Å². The Morgan fingerprint density at radius 3 is 2.53 bits per heavy atom. The number of pyridine rings is 1. The van der Waals surface area contributed by atoms with Crippen LogP contribution < -0.4 is 4.90 Å². The van der Waals surface area contributed by atoms with Crippen molar-refractivity contribution in [3.8, 4) is 0 Å². The lowest BCUT2D eigenvalue weighted by atomic mass is 9.99. The second-order valence-electron chi connectivity index (χ2n) is 4.57. The van der Waals surface area contributed by atoms with Gasteiger partial charge in [0.05, 0.1) is 0 Å². The Labute approximate surface area is 98.5 Å². The predicted octanol–water partition coefficient (Wildman–Crippen LogP) is 3.34. The number of rotatable bonds is 1. The summed E-state index contributed by atoms with van der Waals surface area (Å²) in [5.74, 6) is 0.662. The van der Waals surface area contributed by atoms with Gasteiger partial charge in [-0.1, -0.05) is 6.92 Å². The molecule has 0 atom stereocenters. The van der Waals surface area contributed by atoms with Crippen LogP contribution in [0, 0.1) is 5.92 Å². The second kappa shape index (κ2) is 4.55. The highest BCUT2D eigenvalue weighted by Gasteiger charge is 2.33. The molecule has 94 valence electrons. The molecule has 0 bridgehead atoms. The van der Waals surface area contributed by atoms with Crippen LogP contribution in [0.4, 0.5) is 18.9 Å². The van der Waals surface area contributed by atoms with E-state index < -0.39 is 11.9 Å². The van der Waals surface area contributed by atoms with Crippen molar-refractivity contribution in [2.75, 3.05) is 18.0 Å². The van der Waals surface area contributed by atoms with E-state index in [1.54, 1.807) is 6.07 Å². The minimum atomic E-state index is -4.36. The molecule has 0 radical (unpaired) electrons. The quantitative estimate of drug-likeness (QED) is 0.753. The van der Waals surface area contributed by atoms with Gasteiger partial charge in [-0.05, 0) is 30.9 Å². The lowest BCUT2D eigenvalue weighted by molar-refractivity contribution is -0.141. The maximum atomic E-state index is 12.5. The van der Waals surface area contributed by atoms with E-state index in [0.29, 0.717) is 11.6 Å². The van der Waals surface area contributed by atoms with Gasteiger partial charge in [-0.3, -0.25) is 4.98 Å². The van der Waals surface area contributed by atoms with E-state index in [4.69, 9.17) is 0 Å². The van der Waals surface area contributed by atoms with Crippen LogP contribution in [0.15, 0.2) is 18.3 Å². The first kappa shape index (κ1) is 12.2. The van der Waals surface area contributed by atoms with E-state index in [1.165, 1.54) is 6.20 Å². The first-order valence-corrected chi connectivity index (χ1v) is 5.75. The predicted molar refractivity (Wildman–Crippen MR) is 59.9 cm³/mol. The van der Waals surface area contributed by atoms with Crippen LogP contribution in [-0.4, -0.2) is 18.1 Å². The van der Waals surface area contributed by atoms with Crippen molar-refractivity contribution in [2.24, 2.45) is 5.92 Å². The smallest absolute Gasteiger partial charge is 0.371 e. The molecule has 0 saturated carbocycles. The van der Waals surface area contributed by atoms with Crippen molar-refractivity contribution in [3.63, 3.8) is 0 Å². The monoisotopic (exact) mass is 244 g/mol. The fourth-order valence-electron chi connectivity index (χ4n) is 2.04. The summed E-state index contributed by atoms with van der Waals surface area (Å²) in [7, 11) is 0. The maximum Gasteiger partial charge on any atom is 0.433 e. The third kappa shape index (κ3) is 2.90. The Morgan fingerprint density at radius 2 is 1.94 bits per heavy atom. The van der Waals surface area contributed by atoms with Gasteiger partial charge in [-0.2, -0.15) is 13.2 Å². The summed E-state index contributed by atoms with van der Waals surface area (Å²) in [5.41, 5.74) is -0.187. The zero-order valence-electron chi connectivity index (χ0n) is 9.67. The van der Waals surface area contributed by atoms with Crippen LogP contribution in [0.3, 0.4) is 0 Å². The number of halogens is 3. The molecular formula is C12H15F3N2.